The number of amides is 2. The number of hydrogen-bond donors (Lipinski definition) is 3. The Morgan fingerprint density at radius 2 is 1.74 bits per heavy atom. The zero-order chi connectivity index (χ0) is 13.4. The van der Waals surface area contributed by atoms with Gasteiger partial charge in [-0.1, -0.05) is 30.3 Å². The van der Waals surface area contributed by atoms with Gasteiger partial charge in [-0.15, -0.1) is 12.4 Å². The van der Waals surface area contributed by atoms with Gasteiger partial charge in [0.2, 0.25) is 11.8 Å². The molecule has 0 aliphatic carbocycles. The minimum atomic E-state index is -0.344. The van der Waals surface area contributed by atoms with Crippen molar-refractivity contribution in [2.45, 2.75) is 12.8 Å². The van der Waals surface area contributed by atoms with Gasteiger partial charge in [-0.05, 0) is 5.56 Å². The molecule has 0 radical (unpaired) electrons. The third kappa shape index (κ3) is 6.22. The first-order valence-corrected chi connectivity index (χ1v) is 5.92. The van der Waals surface area contributed by atoms with E-state index < -0.39 is 0 Å². The summed E-state index contributed by atoms with van der Waals surface area (Å²) in [6.07, 6.45) is 0. The predicted octanol–water partition coefficient (Wildman–Crippen LogP) is 0.403. The molecule has 0 fully saturated rings. The molecule has 1 aromatic carbocycles. The molecule has 106 valence electrons. The molecule has 0 aromatic heterocycles. The molecule has 19 heavy (non-hydrogen) atoms. The van der Waals surface area contributed by atoms with Gasteiger partial charge in [0.05, 0.1) is 5.92 Å². The van der Waals surface area contributed by atoms with Crippen LogP contribution < -0.4 is 16.4 Å². The van der Waals surface area contributed by atoms with Gasteiger partial charge in [0.25, 0.3) is 0 Å². The lowest BCUT2D eigenvalue weighted by molar-refractivity contribution is -0.123. The van der Waals surface area contributed by atoms with Crippen molar-refractivity contribution in [3.8, 4) is 0 Å². The minimum Gasteiger partial charge on any atom is -0.355 e. The van der Waals surface area contributed by atoms with E-state index in [2.05, 4.69) is 10.6 Å². The molecular weight excluding hydrogens is 266 g/mol. The van der Waals surface area contributed by atoms with E-state index in [1.807, 2.05) is 30.3 Å². The first-order valence-electron chi connectivity index (χ1n) is 5.92. The van der Waals surface area contributed by atoms with Gasteiger partial charge in [0, 0.05) is 26.6 Å². The average Bonchev–Trinajstić information content (AvgIpc) is 2.36. The van der Waals surface area contributed by atoms with Crippen LogP contribution in [0.3, 0.4) is 0 Å². The van der Waals surface area contributed by atoms with Crippen LogP contribution in [0.4, 0.5) is 0 Å². The average molecular weight is 286 g/mol. The Kier molecular flexibility index (Phi) is 8.57. The number of nitrogens with one attached hydrogen (secondary N) is 2. The lowest BCUT2D eigenvalue weighted by atomic mass is 9.98. The summed E-state index contributed by atoms with van der Waals surface area (Å²) in [5, 5.41) is 5.37. The standard InChI is InChI=1S/C13H19N3O2.ClH/c1-10(17)15-7-8-16-13(18)12(9-14)11-5-3-2-4-6-11;/h2-6,12H,7-9,14H2,1H3,(H,15,17)(H,16,18);1H. The van der Waals surface area contributed by atoms with Crippen molar-refractivity contribution in [3.05, 3.63) is 35.9 Å². The van der Waals surface area contributed by atoms with Crippen molar-refractivity contribution in [2.24, 2.45) is 5.73 Å². The van der Waals surface area contributed by atoms with Crippen molar-refractivity contribution >= 4 is 24.2 Å². The first-order chi connectivity index (χ1) is 8.65. The molecule has 6 heteroatoms. The van der Waals surface area contributed by atoms with Crippen LogP contribution in [0.15, 0.2) is 30.3 Å². The fraction of sp³-hybridized carbons (Fsp3) is 0.385. The highest BCUT2D eigenvalue weighted by Crippen LogP contribution is 2.13. The number of hydrogen-bond acceptors (Lipinski definition) is 3. The smallest absolute Gasteiger partial charge is 0.228 e. The molecule has 0 heterocycles. The molecule has 1 rings (SSSR count). The monoisotopic (exact) mass is 285 g/mol. The Labute approximate surface area is 119 Å². The molecule has 2 amide bonds. The number of carbonyl (C=O) groups excluding carboxylic acids is 2. The molecule has 4 N–H and O–H groups in total. The molecular formula is C13H20ClN3O2. The van der Waals surface area contributed by atoms with Crippen molar-refractivity contribution in [2.75, 3.05) is 19.6 Å². The molecule has 5 nitrogen and oxygen atoms in total. The second-order valence-corrected chi connectivity index (χ2v) is 3.97. The van der Waals surface area contributed by atoms with Gasteiger partial charge >= 0.3 is 0 Å². The normalized spacial score (nSPS) is 11.1. The second-order valence-electron chi connectivity index (χ2n) is 3.97. The van der Waals surface area contributed by atoms with E-state index in [0.29, 0.717) is 13.1 Å². The van der Waals surface area contributed by atoms with E-state index in [1.54, 1.807) is 0 Å². The number of carbonyl (C=O) groups is 2. The van der Waals surface area contributed by atoms with Crippen LogP contribution in [-0.4, -0.2) is 31.4 Å². The second kappa shape index (κ2) is 9.35. The van der Waals surface area contributed by atoms with Crippen LogP contribution in [0.5, 0.6) is 0 Å². The van der Waals surface area contributed by atoms with Gasteiger partial charge in [-0.25, -0.2) is 0 Å². The zero-order valence-electron chi connectivity index (χ0n) is 10.9. The molecule has 0 spiro atoms. The summed E-state index contributed by atoms with van der Waals surface area (Å²) in [6, 6.07) is 9.41. The van der Waals surface area contributed by atoms with Crippen LogP contribution in [0.2, 0.25) is 0 Å². The summed E-state index contributed by atoms with van der Waals surface area (Å²) >= 11 is 0. The highest BCUT2D eigenvalue weighted by molar-refractivity contribution is 5.85. The summed E-state index contributed by atoms with van der Waals surface area (Å²) < 4.78 is 0. The van der Waals surface area contributed by atoms with E-state index in [9.17, 15) is 9.59 Å². The number of rotatable bonds is 6. The molecule has 0 aliphatic heterocycles. The maximum atomic E-state index is 11.9. The van der Waals surface area contributed by atoms with Crippen LogP contribution in [0.25, 0.3) is 0 Å². The van der Waals surface area contributed by atoms with Gasteiger partial charge in [-0.2, -0.15) is 0 Å². The van der Waals surface area contributed by atoms with Crippen molar-refractivity contribution < 1.29 is 9.59 Å². The summed E-state index contributed by atoms with van der Waals surface area (Å²) in [5.74, 6) is -0.569. The van der Waals surface area contributed by atoms with Crippen molar-refractivity contribution in [1.29, 1.82) is 0 Å². The molecule has 0 saturated carbocycles. The van der Waals surface area contributed by atoms with Gasteiger partial charge in [0.1, 0.15) is 0 Å². The highest BCUT2D eigenvalue weighted by Gasteiger charge is 2.17. The SMILES string of the molecule is CC(=O)NCCNC(=O)C(CN)c1ccccc1.Cl. The summed E-state index contributed by atoms with van der Waals surface area (Å²) in [5.41, 5.74) is 6.53. The third-order valence-corrected chi connectivity index (χ3v) is 2.55. The summed E-state index contributed by atoms with van der Waals surface area (Å²) in [6.45, 7) is 2.53. The zero-order valence-corrected chi connectivity index (χ0v) is 11.7. The lowest BCUT2D eigenvalue weighted by Gasteiger charge is -2.15. The largest absolute Gasteiger partial charge is 0.355 e. The summed E-state index contributed by atoms with van der Waals surface area (Å²) in [4.78, 5) is 22.6. The molecule has 0 saturated heterocycles. The number of benzene rings is 1. The maximum absolute atomic E-state index is 11.9. The molecule has 1 unspecified atom stereocenters. The first kappa shape index (κ1) is 17.4. The quantitative estimate of drug-likeness (QED) is 0.662. The fourth-order valence-electron chi connectivity index (χ4n) is 1.63. The Bertz CT molecular complexity index is 398. The van der Waals surface area contributed by atoms with Crippen LogP contribution in [-0.2, 0) is 9.59 Å². The number of nitrogens with two attached hydrogens (primary N) is 1. The Hall–Kier alpha value is -1.59. The van der Waals surface area contributed by atoms with Gasteiger partial charge in [-0.3, -0.25) is 9.59 Å². The van der Waals surface area contributed by atoms with Gasteiger partial charge in [0.15, 0.2) is 0 Å². The third-order valence-electron chi connectivity index (χ3n) is 2.55. The Balaban J connectivity index is 0.00000324. The van der Waals surface area contributed by atoms with Crippen LogP contribution >= 0.6 is 12.4 Å². The van der Waals surface area contributed by atoms with Crippen molar-refractivity contribution in [1.82, 2.24) is 10.6 Å². The Morgan fingerprint density at radius 1 is 1.16 bits per heavy atom. The molecule has 1 atom stereocenters. The maximum Gasteiger partial charge on any atom is 0.228 e. The highest BCUT2D eigenvalue weighted by atomic mass is 35.5. The molecule has 1 aromatic rings. The van der Waals surface area contributed by atoms with Crippen LogP contribution in [0.1, 0.15) is 18.4 Å². The van der Waals surface area contributed by atoms with E-state index in [4.69, 9.17) is 5.73 Å². The Morgan fingerprint density at radius 3 is 2.26 bits per heavy atom. The fourth-order valence-corrected chi connectivity index (χ4v) is 1.63. The predicted molar refractivity (Wildman–Crippen MR) is 77.2 cm³/mol. The van der Waals surface area contributed by atoms with E-state index in [-0.39, 0.29) is 36.7 Å². The van der Waals surface area contributed by atoms with E-state index in [1.165, 1.54) is 6.92 Å². The summed E-state index contributed by atoms with van der Waals surface area (Å²) in [7, 11) is 0. The molecule has 0 bridgehead atoms. The van der Waals surface area contributed by atoms with Crippen LogP contribution in [0, 0.1) is 0 Å². The lowest BCUT2D eigenvalue weighted by Crippen LogP contribution is -2.38. The molecule has 0 aliphatic rings. The van der Waals surface area contributed by atoms with Crippen molar-refractivity contribution in [3.63, 3.8) is 0 Å². The van der Waals surface area contributed by atoms with Gasteiger partial charge < -0.3 is 16.4 Å². The van der Waals surface area contributed by atoms with E-state index >= 15 is 0 Å². The number of halogens is 1. The topological polar surface area (TPSA) is 84.2 Å². The minimum absolute atomic E-state index is 0. The van der Waals surface area contributed by atoms with E-state index in [0.717, 1.165) is 5.56 Å².